The predicted molar refractivity (Wildman–Crippen MR) is 106 cm³/mol. The Labute approximate surface area is 168 Å². The molecule has 0 saturated heterocycles. The summed E-state index contributed by atoms with van der Waals surface area (Å²) in [5.74, 6) is -0.0332. The van der Waals surface area contributed by atoms with E-state index in [-0.39, 0.29) is 17.2 Å². The van der Waals surface area contributed by atoms with E-state index in [0.29, 0.717) is 29.2 Å². The van der Waals surface area contributed by atoms with Gasteiger partial charge in [0.25, 0.3) is 0 Å². The number of nitrogens with zero attached hydrogens (tertiary/aromatic N) is 2. The van der Waals surface area contributed by atoms with Crippen LogP contribution < -0.4 is 4.74 Å². The monoisotopic (exact) mass is 392 g/mol. The van der Waals surface area contributed by atoms with Gasteiger partial charge in [-0.05, 0) is 36.8 Å². The summed E-state index contributed by atoms with van der Waals surface area (Å²) in [6.45, 7) is 2.33. The van der Waals surface area contributed by atoms with Gasteiger partial charge in [-0.3, -0.25) is 4.98 Å². The van der Waals surface area contributed by atoms with Crippen LogP contribution in [0.15, 0.2) is 60.8 Å². The van der Waals surface area contributed by atoms with Crippen molar-refractivity contribution in [2.45, 2.75) is 13.5 Å². The third-order valence-corrected chi connectivity index (χ3v) is 4.28. The standard InChI is InChI=1S/C22H17ClN2O3/c1-2-27-22(26)18-11-20(25-13-19(18)23)16-8-9-21(17(10-16)12-24)28-14-15-6-4-3-5-7-15/h3-11,13H,2,14H2,1H3. The van der Waals surface area contributed by atoms with Crippen LogP contribution in [0.25, 0.3) is 11.3 Å². The average molecular weight is 393 g/mol. The highest BCUT2D eigenvalue weighted by Gasteiger charge is 2.15. The summed E-state index contributed by atoms with van der Waals surface area (Å²) in [5.41, 5.74) is 2.80. The number of rotatable bonds is 6. The zero-order chi connectivity index (χ0) is 19.9. The lowest BCUT2D eigenvalue weighted by Gasteiger charge is -2.10. The first-order valence-electron chi connectivity index (χ1n) is 8.66. The number of pyridine rings is 1. The van der Waals surface area contributed by atoms with Gasteiger partial charge in [0.15, 0.2) is 0 Å². The average Bonchev–Trinajstić information content (AvgIpc) is 2.73. The van der Waals surface area contributed by atoms with Gasteiger partial charge in [-0.15, -0.1) is 0 Å². The highest BCUT2D eigenvalue weighted by Crippen LogP contribution is 2.28. The van der Waals surface area contributed by atoms with E-state index in [1.807, 2.05) is 30.3 Å². The maximum absolute atomic E-state index is 12.0. The van der Waals surface area contributed by atoms with E-state index < -0.39 is 5.97 Å². The Balaban J connectivity index is 1.87. The van der Waals surface area contributed by atoms with Crippen LogP contribution >= 0.6 is 11.6 Å². The second-order valence-corrected chi connectivity index (χ2v) is 6.27. The molecule has 140 valence electrons. The van der Waals surface area contributed by atoms with Crippen molar-refractivity contribution in [3.8, 4) is 23.1 Å². The van der Waals surface area contributed by atoms with Crippen LogP contribution in [0.4, 0.5) is 0 Å². The number of aromatic nitrogens is 1. The number of carbonyl (C=O) groups excluding carboxylic acids is 1. The van der Waals surface area contributed by atoms with Crippen LogP contribution in [-0.2, 0) is 11.3 Å². The van der Waals surface area contributed by atoms with Crippen molar-refractivity contribution in [2.75, 3.05) is 6.61 Å². The van der Waals surface area contributed by atoms with Crippen molar-refractivity contribution in [2.24, 2.45) is 0 Å². The zero-order valence-corrected chi connectivity index (χ0v) is 15.9. The SMILES string of the molecule is CCOC(=O)c1cc(-c2ccc(OCc3ccccc3)c(C#N)c2)ncc1Cl. The van der Waals surface area contributed by atoms with E-state index in [9.17, 15) is 10.1 Å². The van der Waals surface area contributed by atoms with Crippen molar-refractivity contribution >= 4 is 17.6 Å². The fraction of sp³-hybridized carbons (Fsp3) is 0.136. The van der Waals surface area contributed by atoms with Crippen LogP contribution in [0.1, 0.15) is 28.4 Å². The quantitative estimate of drug-likeness (QED) is 0.550. The van der Waals surface area contributed by atoms with Gasteiger partial charge in [0, 0.05) is 11.8 Å². The Hall–Kier alpha value is -3.36. The van der Waals surface area contributed by atoms with Crippen LogP contribution in [0.2, 0.25) is 5.02 Å². The van der Waals surface area contributed by atoms with E-state index in [1.165, 1.54) is 6.20 Å². The van der Waals surface area contributed by atoms with E-state index in [0.717, 1.165) is 5.56 Å². The van der Waals surface area contributed by atoms with Gasteiger partial charge in [-0.25, -0.2) is 4.79 Å². The van der Waals surface area contributed by atoms with Crippen LogP contribution in [-0.4, -0.2) is 17.6 Å². The summed E-state index contributed by atoms with van der Waals surface area (Å²) in [5, 5.41) is 9.71. The fourth-order valence-corrected chi connectivity index (χ4v) is 2.78. The number of esters is 1. The predicted octanol–water partition coefficient (Wildman–Crippen LogP) is 5.03. The molecule has 0 aliphatic heterocycles. The maximum Gasteiger partial charge on any atom is 0.339 e. The highest BCUT2D eigenvalue weighted by atomic mass is 35.5. The second-order valence-electron chi connectivity index (χ2n) is 5.87. The molecular formula is C22H17ClN2O3. The Kier molecular flexibility index (Phi) is 6.25. The summed E-state index contributed by atoms with van der Waals surface area (Å²) in [7, 11) is 0. The van der Waals surface area contributed by atoms with Gasteiger partial charge < -0.3 is 9.47 Å². The van der Waals surface area contributed by atoms with Gasteiger partial charge in [-0.2, -0.15) is 5.26 Å². The first-order valence-corrected chi connectivity index (χ1v) is 9.04. The largest absolute Gasteiger partial charge is 0.488 e. The molecule has 0 saturated carbocycles. The molecule has 2 aromatic carbocycles. The van der Waals surface area contributed by atoms with Gasteiger partial charge in [-0.1, -0.05) is 41.9 Å². The molecule has 0 spiro atoms. The molecule has 0 amide bonds. The first kappa shape index (κ1) is 19.4. The van der Waals surface area contributed by atoms with E-state index in [4.69, 9.17) is 21.1 Å². The van der Waals surface area contributed by atoms with Gasteiger partial charge in [0.05, 0.1) is 28.5 Å². The molecule has 1 aromatic heterocycles. The minimum atomic E-state index is -0.514. The molecule has 1 heterocycles. The van der Waals surface area contributed by atoms with Crippen molar-refractivity contribution in [3.05, 3.63) is 82.5 Å². The summed E-state index contributed by atoms with van der Waals surface area (Å²) < 4.78 is 10.8. The van der Waals surface area contributed by atoms with Crippen molar-refractivity contribution in [3.63, 3.8) is 0 Å². The topological polar surface area (TPSA) is 72.2 Å². The third-order valence-electron chi connectivity index (χ3n) is 3.98. The molecule has 0 aliphatic rings. The molecule has 0 bridgehead atoms. The van der Waals surface area contributed by atoms with Crippen LogP contribution in [0, 0.1) is 11.3 Å². The Bertz CT molecular complexity index is 1030. The molecule has 5 nitrogen and oxygen atoms in total. The van der Waals surface area contributed by atoms with E-state index >= 15 is 0 Å². The number of halogens is 1. The molecule has 0 unspecified atom stereocenters. The molecular weight excluding hydrogens is 376 g/mol. The number of hydrogen-bond acceptors (Lipinski definition) is 5. The highest BCUT2D eigenvalue weighted by molar-refractivity contribution is 6.33. The molecule has 0 aliphatic carbocycles. The van der Waals surface area contributed by atoms with E-state index in [2.05, 4.69) is 11.1 Å². The summed E-state index contributed by atoms with van der Waals surface area (Å²) >= 11 is 6.06. The molecule has 0 N–H and O–H groups in total. The Morgan fingerprint density at radius 3 is 2.68 bits per heavy atom. The minimum absolute atomic E-state index is 0.213. The maximum atomic E-state index is 12.0. The number of benzene rings is 2. The normalized spacial score (nSPS) is 10.2. The van der Waals surface area contributed by atoms with Gasteiger partial charge in [0.2, 0.25) is 0 Å². The lowest BCUT2D eigenvalue weighted by molar-refractivity contribution is 0.0526. The second kappa shape index (κ2) is 9.03. The number of hydrogen-bond donors (Lipinski definition) is 0. The zero-order valence-electron chi connectivity index (χ0n) is 15.2. The Morgan fingerprint density at radius 1 is 1.18 bits per heavy atom. The summed E-state index contributed by atoms with van der Waals surface area (Å²) in [6, 6.07) is 18.6. The third kappa shape index (κ3) is 4.48. The number of carbonyl (C=O) groups is 1. The van der Waals surface area contributed by atoms with Gasteiger partial charge >= 0.3 is 5.97 Å². The molecule has 0 fully saturated rings. The minimum Gasteiger partial charge on any atom is -0.488 e. The van der Waals surface area contributed by atoms with E-state index in [1.54, 1.807) is 31.2 Å². The summed E-state index contributed by atoms with van der Waals surface area (Å²) in [4.78, 5) is 16.3. The lowest BCUT2D eigenvalue weighted by atomic mass is 10.1. The summed E-state index contributed by atoms with van der Waals surface area (Å²) in [6.07, 6.45) is 1.40. The van der Waals surface area contributed by atoms with Gasteiger partial charge in [0.1, 0.15) is 18.4 Å². The first-order chi connectivity index (χ1) is 13.6. The number of nitriles is 1. The molecule has 6 heteroatoms. The van der Waals surface area contributed by atoms with Crippen molar-refractivity contribution in [1.29, 1.82) is 5.26 Å². The molecule has 3 rings (SSSR count). The van der Waals surface area contributed by atoms with Crippen LogP contribution in [0.5, 0.6) is 5.75 Å². The molecule has 0 atom stereocenters. The number of ether oxygens (including phenoxy) is 2. The molecule has 3 aromatic rings. The Morgan fingerprint density at radius 2 is 1.96 bits per heavy atom. The van der Waals surface area contributed by atoms with Crippen molar-refractivity contribution in [1.82, 2.24) is 4.98 Å². The smallest absolute Gasteiger partial charge is 0.339 e. The lowest BCUT2D eigenvalue weighted by Crippen LogP contribution is -2.06. The van der Waals surface area contributed by atoms with Crippen molar-refractivity contribution < 1.29 is 14.3 Å². The van der Waals surface area contributed by atoms with Crippen LogP contribution in [0.3, 0.4) is 0 Å². The molecule has 0 radical (unpaired) electrons. The fourth-order valence-electron chi connectivity index (χ4n) is 2.60. The molecule has 28 heavy (non-hydrogen) atoms.